The average Bonchev–Trinajstić information content (AvgIpc) is 2.19. The molecule has 1 aliphatic heterocycles. The molecule has 0 aromatic heterocycles. The zero-order valence-corrected chi connectivity index (χ0v) is 9.58. The minimum atomic E-state index is -0.310. The largest absolute Gasteiger partial charge is 0.378 e. The molecule has 0 unspecified atom stereocenters. The van der Waals surface area contributed by atoms with Gasteiger partial charge in [0.05, 0.1) is 19.3 Å². The summed E-state index contributed by atoms with van der Waals surface area (Å²) in [5.41, 5.74) is 0.896. The Hall–Kier alpha value is -0.350. The molecule has 1 atom stereocenters. The Morgan fingerprint density at radius 2 is 2.27 bits per heavy atom. The summed E-state index contributed by atoms with van der Waals surface area (Å²) in [6.07, 6.45) is 0. The van der Waals surface area contributed by atoms with Gasteiger partial charge >= 0.3 is 0 Å². The molecule has 0 amide bonds. The first-order chi connectivity index (χ1) is 6.77. The first kappa shape index (κ1) is 12.7. The van der Waals surface area contributed by atoms with Crippen LogP contribution >= 0.6 is 24.0 Å². The number of ether oxygens (including phenoxy) is 1. The van der Waals surface area contributed by atoms with E-state index in [-0.39, 0.29) is 24.3 Å². The monoisotopic (exact) mass is 251 g/mol. The van der Waals surface area contributed by atoms with Crippen molar-refractivity contribution in [2.24, 2.45) is 0 Å². The van der Waals surface area contributed by atoms with Gasteiger partial charge in [-0.1, -0.05) is 17.7 Å². The number of nitrogens with one attached hydrogen (secondary N) is 1. The third kappa shape index (κ3) is 3.05. The number of hydrogen-bond donors (Lipinski definition) is 1. The lowest BCUT2D eigenvalue weighted by atomic mass is 10.1. The highest BCUT2D eigenvalue weighted by molar-refractivity contribution is 6.31. The summed E-state index contributed by atoms with van der Waals surface area (Å²) in [6, 6.07) is 4.52. The van der Waals surface area contributed by atoms with Crippen LogP contribution in [0.4, 0.5) is 4.39 Å². The number of benzene rings is 1. The average molecular weight is 252 g/mol. The predicted molar refractivity (Wildman–Crippen MR) is 60.2 cm³/mol. The van der Waals surface area contributed by atoms with Gasteiger partial charge in [-0.05, 0) is 17.7 Å². The van der Waals surface area contributed by atoms with Gasteiger partial charge in [0.2, 0.25) is 0 Å². The standard InChI is InChI=1S/C10H11ClFNO.ClH/c11-9-5-7(12)1-2-8(9)10-6-14-4-3-13-10;/h1-2,5,10,13H,3-4,6H2;1H/t10-;/m1./s1. The Bertz CT molecular complexity index is 329. The molecule has 0 radical (unpaired) electrons. The molecular weight excluding hydrogens is 240 g/mol. The minimum absolute atomic E-state index is 0. The van der Waals surface area contributed by atoms with Crippen molar-refractivity contribution in [2.45, 2.75) is 6.04 Å². The van der Waals surface area contributed by atoms with Gasteiger partial charge in [-0.2, -0.15) is 0 Å². The lowest BCUT2D eigenvalue weighted by Gasteiger charge is -2.24. The highest BCUT2D eigenvalue weighted by Crippen LogP contribution is 2.25. The lowest BCUT2D eigenvalue weighted by Crippen LogP contribution is -2.34. The zero-order valence-electron chi connectivity index (χ0n) is 8.00. The first-order valence-corrected chi connectivity index (χ1v) is 4.91. The van der Waals surface area contributed by atoms with E-state index in [1.807, 2.05) is 0 Å². The Morgan fingerprint density at radius 3 is 2.87 bits per heavy atom. The maximum absolute atomic E-state index is 12.8. The van der Waals surface area contributed by atoms with Crippen molar-refractivity contribution < 1.29 is 9.13 Å². The van der Waals surface area contributed by atoms with Crippen molar-refractivity contribution >= 4 is 24.0 Å². The van der Waals surface area contributed by atoms with Gasteiger partial charge in [0, 0.05) is 11.6 Å². The molecule has 1 aromatic rings. The summed E-state index contributed by atoms with van der Waals surface area (Å²) < 4.78 is 18.1. The van der Waals surface area contributed by atoms with Gasteiger partial charge in [-0.15, -0.1) is 12.4 Å². The van der Waals surface area contributed by atoms with Crippen LogP contribution in [-0.4, -0.2) is 19.8 Å². The maximum atomic E-state index is 12.8. The van der Waals surface area contributed by atoms with E-state index in [0.717, 1.165) is 18.7 Å². The van der Waals surface area contributed by atoms with Gasteiger partial charge in [-0.25, -0.2) is 4.39 Å². The number of halogens is 3. The summed E-state index contributed by atoms with van der Waals surface area (Å²) in [5, 5.41) is 3.72. The van der Waals surface area contributed by atoms with Crippen LogP contribution in [0.25, 0.3) is 0 Å². The number of hydrogen-bond acceptors (Lipinski definition) is 2. The van der Waals surface area contributed by atoms with Gasteiger partial charge in [0.25, 0.3) is 0 Å². The molecule has 2 rings (SSSR count). The van der Waals surface area contributed by atoms with Crippen LogP contribution < -0.4 is 5.32 Å². The Labute approximate surface area is 99.2 Å². The molecule has 1 N–H and O–H groups in total. The molecule has 1 aliphatic rings. The van der Waals surface area contributed by atoms with E-state index in [2.05, 4.69) is 5.32 Å². The topological polar surface area (TPSA) is 21.3 Å². The second-order valence-corrected chi connectivity index (χ2v) is 3.65. The summed E-state index contributed by atoms with van der Waals surface area (Å²) in [5.74, 6) is -0.310. The fourth-order valence-corrected chi connectivity index (χ4v) is 1.85. The quantitative estimate of drug-likeness (QED) is 0.829. The zero-order chi connectivity index (χ0) is 9.97. The van der Waals surface area contributed by atoms with Gasteiger partial charge in [0.15, 0.2) is 0 Å². The third-order valence-corrected chi connectivity index (χ3v) is 2.59. The van der Waals surface area contributed by atoms with E-state index >= 15 is 0 Å². The van der Waals surface area contributed by atoms with Crippen molar-refractivity contribution in [2.75, 3.05) is 19.8 Å². The Morgan fingerprint density at radius 1 is 1.47 bits per heavy atom. The van der Waals surface area contributed by atoms with Crippen molar-refractivity contribution in [1.82, 2.24) is 5.32 Å². The molecule has 15 heavy (non-hydrogen) atoms. The van der Waals surface area contributed by atoms with E-state index in [1.165, 1.54) is 12.1 Å². The van der Waals surface area contributed by atoms with E-state index in [1.54, 1.807) is 6.07 Å². The summed E-state index contributed by atoms with van der Waals surface area (Å²) in [6.45, 7) is 2.11. The van der Waals surface area contributed by atoms with E-state index in [9.17, 15) is 4.39 Å². The third-order valence-electron chi connectivity index (χ3n) is 2.26. The minimum Gasteiger partial charge on any atom is -0.378 e. The maximum Gasteiger partial charge on any atom is 0.124 e. The van der Waals surface area contributed by atoms with Crippen LogP contribution in [0.2, 0.25) is 5.02 Å². The molecule has 1 saturated heterocycles. The lowest BCUT2D eigenvalue weighted by molar-refractivity contribution is 0.0769. The van der Waals surface area contributed by atoms with Crippen LogP contribution in [-0.2, 0) is 4.74 Å². The molecule has 0 bridgehead atoms. The molecule has 84 valence electrons. The molecule has 0 spiro atoms. The normalized spacial score (nSPS) is 20.8. The van der Waals surface area contributed by atoms with Gasteiger partial charge < -0.3 is 10.1 Å². The SMILES string of the molecule is Cl.Fc1ccc([C@H]2COCCN2)c(Cl)c1. The van der Waals surface area contributed by atoms with Crippen LogP contribution in [0.5, 0.6) is 0 Å². The second kappa shape index (κ2) is 5.66. The van der Waals surface area contributed by atoms with Crippen LogP contribution in [0.15, 0.2) is 18.2 Å². The summed E-state index contributed by atoms with van der Waals surface area (Å²) >= 11 is 5.93. The first-order valence-electron chi connectivity index (χ1n) is 4.53. The van der Waals surface area contributed by atoms with Crippen molar-refractivity contribution in [3.05, 3.63) is 34.6 Å². The molecule has 1 aromatic carbocycles. The fraction of sp³-hybridized carbons (Fsp3) is 0.400. The molecule has 0 aliphatic carbocycles. The highest BCUT2D eigenvalue weighted by Gasteiger charge is 2.17. The van der Waals surface area contributed by atoms with Crippen molar-refractivity contribution in [3.63, 3.8) is 0 Å². The van der Waals surface area contributed by atoms with E-state index < -0.39 is 0 Å². The van der Waals surface area contributed by atoms with E-state index in [0.29, 0.717) is 11.6 Å². The smallest absolute Gasteiger partial charge is 0.124 e. The van der Waals surface area contributed by atoms with Gasteiger partial charge in [0.1, 0.15) is 5.82 Å². The molecular formula is C10H12Cl2FNO. The molecule has 1 heterocycles. The molecule has 0 saturated carbocycles. The van der Waals surface area contributed by atoms with Crippen LogP contribution in [0.3, 0.4) is 0 Å². The van der Waals surface area contributed by atoms with E-state index in [4.69, 9.17) is 16.3 Å². The van der Waals surface area contributed by atoms with Gasteiger partial charge in [-0.3, -0.25) is 0 Å². The predicted octanol–water partition coefficient (Wildman–Crippen LogP) is 2.56. The fourth-order valence-electron chi connectivity index (χ4n) is 1.55. The molecule has 2 nitrogen and oxygen atoms in total. The van der Waals surface area contributed by atoms with Crippen LogP contribution in [0, 0.1) is 5.82 Å². The summed E-state index contributed by atoms with van der Waals surface area (Å²) in [7, 11) is 0. The van der Waals surface area contributed by atoms with Crippen molar-refractivity contribution in [1.29, 1.82) is 0 Å². The number of rotatable bonds is 1. The molecule has 1 fully saturated rings. The Balaban J connectivity index is 0.00000112. The Kier molecular flexibility index (Phi) is 4.80. The molecule has 5 heteroatoms. The highest BCUT2D eigenvalue weighted by atomic mass is 35.5. The second-order valence-electron chi connectivity index (χ2n) is 3.25. The summed E-state index contributed by atoms with van der Waals surface area (Å²) in [4.78, 5) is 0. The number of morpholine rings is 1. The van der Waals surface area contributed by atoms with Crippen molar-refractivity contribution in [3.8, 4) is 0 Å². The van der Waals surface area contributed by atoms with Crippen LogP contribution in [0.1, 0.15) is 11.6 Å².